The number of nitrogens with one attached hydrogen (secondary N) is 2. The molecule has 5 heteroatoms. The van der Waals surface area contributed by atoms with Crippen LogP contribution >= 0.6 is 0 Å². The smallest absolute Gasteiger partial charge is 0.221 e. The molecule has 2 aromatic carbocycles. The lowest BCUT2D eigenvalue weighted by molar-refractivity contribution is -0.114. The van der Waals surface area contributed by atoms with E-state index in [1.54, 1.807) is 0 Å². The lowest BCUT2D eigenvalue weighted by Crippen LogP contribution is -2.26. The van der Waals surface area contributed by atoms with Crippen LogP contribution in [0.1, 0.15) is 35.5 Å². The van der Waals surface area contributed by atoms with Gasteiger partial charge in [0.05, 0.1) is 11.4 Å². The van der Waals surface area contributed by atoms with Gasteiger partial charge in [-0.2, -0.15) is 5.10 Å². The topological polar surface area (TPSA) is 59.0 Å². The van der Waals surface area contributed by atoms with Crippen LogP contribution in [-0.2, 0) is 4.79 Å². The fourth-order valence-electron chi connectivity index (χ4n) is 3.65. The van der Waals surface area contributed by atoms with E-state index in [0.29, 0.717) is 0 Å². The lowest BCUT2D eigenvalue weighted by Gasteiger charge is -2.31. The van der Waals surface area contributed by atoms with Gasteiger partial charge in [0.1, 0.15) is 6.17 Å². The number of aryl methyl sites for hydroxylation is 3. The zero-order chi connectivity index (χ0) is 18.4. The predicted octanol–water partition coefficient (Wildman–Crippen LogP) is 4.41. The number of carbonyl (C=O) groups is 1. The molecule has 0 bridgehead atoms. The number of aromatic nitrogens is 2. The van der Waals surface area contributed by atoms with Crippen LogP contribution in [0.25, 0.3) is 11.3 Å². The Hall–Kier alpha value is -3.08. The minimum absolute atomic E-state index is 0.0709. The average molecular weight is 346 g/mol. The minimum Gasteiger partial charge on any atom is -0.359 e. The first-order valence-corrected chi connectivity index (χ1v) is 8.74. The van der Waals surface area contributed by atoms with E-state index in [4.69, 9.17) is 5.10 Å². The third kappa shape index (κ3) is 2.75. The number of hydrogen-bond donors (Lipinski definition) is 2. The maximum atomic E-state index is 11.2. The van der Waals surface area contributed by atoms with Crippen LogP contribution in [0.5, 0.6) is 0 Å². The third-order valence-corrected chi connectivity index (χ3v) is 4.69. The zero-order valence-corrected chi connectivity index (χ0v) is 15.4. The van der Waals surface area contributed by atoms with Crippen LogP contribution in [0.15, 0.2) is 42.5 Å². The van der Waals surface area contributed by atoms with Gasteiger partial charge in [0.15, 0.2) is 0 Å². The number of benzene rings is 2. The Bertz CT molecular complexity index is 1000. The van der Waals surface area contributed by atoms with Crippen molar-refractivity contribution in [2.45, 2.75) is 33.9 Å². The molecule has 0 saturated carbocycles. The largest absolute Gasteiger partial charge is 0.359 e. The third-order valence-electron chi connectivity index (χ3n) is 4.69. The van der Waals surface area contributed by atoms with Crippen LogP contribution in [-0.4, -0.2) is 15.7 Å². The van der Waals surface area contributed by atoms with Crippen LogP contribution in [0, 0.1) is 20.8 Å². The zero-order valence-electron chi connectivity index (χ0n) is 15.4. The van der Waals surface area contributed by atoms with Crippen LogP contribution in [0.3, 0.4) is 0 Å². The molecule has 26 heavy (non-hydrogen) atoms. The molecule has 2 N–H and O–H groups in total. The fourth-order valence-corrected chi connectivity index (χ4v) is 3.65. The summed E-state index contributed by atoms with van der Waals surface area (Å²) in [5, 5.41) is 11.2. The van der Waals surface area contributed by atoms with Gasteiger partial charge in [-0.25, -0.2) is 4.68 Å². The highest BCUT2D eigenvalue weighted by Crippen LogP contribution is 2.41. The Kier molecular flexibility index (Phi) is 3.80. The molecule has 0 aliphatic carbocycles. The lowest BCUT2D eigenvalue weighted by atomic mass is 9.98. The van der Waals surface area contributed by atoms with Gasteiger partial charge >= 0.3 is 0 Å². The molecule has 0 unspecified atom stereocenters. The summed E-state index contributed by atoms with van der Waals surface area (Å²) < 4.78 is 2.05. The average Bonchev–Trinajstić information content (AvgIpc) is 2.96. The van der Waals surface area contributed by atoms with Crippen molar-refractivity contribution in [3.8, 4) is 11.3 Å². The number of fused-ring (bicyclic) bond motifs is 3. The molecule has 5 nitrogen and oxygen atoms in total. The Morgan fingerprint density at radius 1 is 1.12 bits per heavy atom. The van der Waals surface area contributed by atoms with Gasteiger partial charge in [-0.3, -0.25) is 4.79 Å². The molecule has 1 aromatic heterocycles. The summed E-state index contributed by atoms with van der Waals surface area (Å²) in [6.07, 6.45) is -0.0843. The van der Waals surface area contributed by atoms with Gasteiger partial charge < -0.3 is 10.6 Å². The van der Waals surface area contributed by atoms with Crippen molar-refractivity contribution in [1.82, 2.24) is 9.78 Å². The van der Waals surface area contributed by atoms with E-state index in [2.05, 4.69) is 42.7 Å². The van der Waals surface area contributed by atoms with Gasteiger partial charge in [0.2, 0.25) is 5.91 Å². The number of nitrogens with zero attached hydrogens (tertiary/aromatic N) is 2. The molecule has 3 aromatic rings. The first-order chi connectivity index (χ1) is 12.4. The highest BCUT2D eigenvalue weighted by atomic mass is 16.1. The predicted molar refractivity (Wildman–Crippen MR) is 104 cm³/mol. The van der Waals surface area contributed by atoms with Crippen LogP contribution < -0.4 is 10.6 Å². The molecule has 0 fully saturated rings. The first-order valence-electron chi connectivity index (χ1n) is 8.74. The second kappa shape index (κ2) is 6.02. The van der Waals surface area contributed by atoms with Crippen molar-refractivity contribution in [3.05, 3.63) is 64.8 Å². The summed E-state index contributed by atoms with van der Waals surface area (Å²) in [7, 11) is 0. The standard InChI is InChI=1S/C21H22N4O/c1-12-9-13(2)20-18(10-12)19-11-14(3)24-25(19)21(23-20)16-5-7-17(8-6-16)22-15(4)26/h5-11,21,23H,1-4H3,(H,22,26)/t21-/m1/s1. The Morgan fingerprint density at radius 2 is 1.85 bits per heavy atom. The summed E-state index contributed by atoms with van der Waals surface area (Å²) in [6.45, 7) is 7.78. The highest BCUT2D eigenvalue weighted by molar-refractivity contribution is 5.88. The number of hydrogen-bond acceptors (Lipinski definition) is 3. The van der Waals surface area contributed by atoms with Gasteiger partial charge in [0, 0.05) is 23.9 Å². The summed E-state index contributed by atoms with van der Waals surface area (Å²) >= 11 is 0. The molecule has 132 valence electrons. The van der Waals surface area contributed by atoms with E-state index in [-0.39, 0.29) is 12.1 Å². The van der Waals surface area contributed by atoms with E-state index in [1.165, 1.54) is 23.6 Å². The highest BCUT2D eigenvalue weighted by Gasteiger charge is 2.27. The molecule has 1 amide bonds. The molecule has 0 radical (unpaired) electrons. The molecule has 1 atom stereocenters. The van der Waals surface area contributed by atoms with E-state index in [1.807, 2.05) is 35.9 Å². The summed E-state index contributed by atoms with van der Waals surface area (Å²) in [4.78, 5) is 11.2. The van der Waals surface area contributed by atoms with Gasteiger partial charge in [-0.1, -0.05) is 23.8 Å². The van der Waals surface area contributed by atoms with E-state index in [9.17, 15) is 4.79 Å². The molecule has 0 spiro atoms. The SMILES string of the molecule is CC(=O)Nc1ccc([C@@H]2Nc3c(C)cc(C)cc3-c3cc(C)nn32)cc1. The van der Waals surface area contributed by atoms with E-state index >= 15 is 0 Å². The maximum Gasteiger partial charge on any atom is 0.221 e. The summed E-state index contributed by atoms with van der Waals surface area (Å²) in [5.41, 5.74) is 8.81. The maximum absolute atomic E-state index is 11.2. The second-order valence-electron chi connectivity index (χ2n) is 6.97. The van der Waals surface area contributed by atoms with Crippen molar-refractivity contribution < 1.29 is 4.79 Å². The molecular formula is C21H22N4O. The van der Waals surface area contributed by atoms with Crippen molar-refractivity contribution >= 4 is 17.3 Å². The Balaban J connectivity index is 1.80. The van der Waals surface area contributed by atoms with E-state index < -0.39 is 0 Å². The molecule has 0 saturated heterocycles. The van der Waals surface area contributed by atoms with Crippen molar-refractivity contribution in [2.75, 3.05) is 10.6 Å². The fraction of sp³-hybridized carbons (Fsp3) is 0.238. The van der Waals surface area contributed by atoms with Crippen molar-refractivity contribution in [3.63, 3.8) is 0 Å². The monoisotopic (exact) mass is 346 g/mol. The normalized spacial score (nSPS) is 15.0. The summed E-state index contributed by atoms with van der Waals surface area (Å²) in [5.74, 6) is -0.0709. The molecule has 1 aliphatic heterocycles. The van der Waals surface area contributed by atoms with Crippen molar-refractivity contribution in [2.24, 2.45) is 0 Å². The minimum atomic E-state index is -0.0843. The quantitative estimate of drug-likeness (QED) is 0.723. The van der Waals surface area contributed by atoms with Gasteiger partial charge in [-0.15, -0.1) is 0 Å². The molecule has 2 heterocycles. The van der Waals surface area contributed by atoms with E-state index in [0.717, 1.165) is 28.3 Å². The molecular weight excluding hydrogens is 324 g/mol. The molecule has 1 aliphatic rings. The van der Waals surface area contributed by atoms with Crippen LogP contribution in [0.4, 0.5) is 11.4 Å². The Labute approximate surface area is 153 Å². The number of carbonyl (C=O) groups excluding carboxylic acids is 1. The summed E-state index contributed by atoms with van der Waals surface area (Å²) in [6, 6.07) is 14.4. The number of anilines is 2. The van der Waals surface area contributed by atoms with Crippen LogP contribution in [0.2, 0.25) is 0 Å². The van der Waals surface area contributed by atoms with Crippen molar-refractivity contribution in [1.29, 1.82) is 0 Å². The number of amides is 1. The Morgan fingerprint density at radius 3 is 2.54 bits per heavy atom. The second-order valence-corrected chi connectivity index (χ2v) is 6.97. The van der Waals surface area contributed by atoms with Gasteiger partial charge in [-0.05, 0) is 56.2 Å². The number of rotatable bonds is 2. The molecule has 4 rings (SSSR count). The van der Waals surface area contributed by atoms with Gasteiger partial charge in [0.25, 0.3) is 0 Å². The first kappa shape index (κ1) is 16.4.